The van der Waals surface area contributed by atoms with E-state index in [2.05, 4.69) is 5.32 Å². The Balaban J connectivity index is 4.37. The summed E-state index contributed by atoms with van der Waals surface area (Å²) >= 11 is 0. The highest BCUT2D eigenvalue weighted by Crippen LogP contribution is 2.08. The maximum Gasteiger partial charge on any atom is 0.251 e. The molecule has 0 spiro atoms. The first kappa shape index (κ1) is 19.2. The minimum atomic E-state index is -1.99. The van der Waals surface area contributed by atoms with Crippen LogP contribution in [0.4, 0.5) is 0 Å². The van der Waals surface area contributed by atoms with Gasteiger partial charge in [0.1, 0.15) is 24.4 Å². The van der Waals surface area contributed by atoms with Gasteiger partial charge >= 0.3 is 0 Å². The molecule has 9 nitrogen and oxygen atoms in total. The summed E-state index contributed by atoms with van der Waals surface area (Å²) in [6.07, 6.45) is -9.52. The van der Waals surface area contributed by atoms with Crippen LogP contribution >= 0.6 is 0 Å². The zero-order valence-corrected chi connectivity index (χ0v) is 11.5. The van der Waals surface area contributed by atoms with Crippen LogP contribution < -0.4 is 5.32 Å². The van der Waals surface area contributed by atoms with Crippen molar-refractivity contribution < 1.29 is 35.4 Å². The van der Waals surface area contributed by atoms with Gasteiger partial charge in [-0.3, -0.25) is 4.79 Å². The zero-order chi connectivity index (χ0) is 15.9. The van der Waals surface area contributed by atoms with Crippen LogP contribution in [-0.2, 0) is 4.79 Å². The van der Waals surface area contributed by atoms with Gasteiger partial charge in [0, 0.05) is 13.1 Å². The van der Waals surface area contributed by atoms with Crippen LogP contribution in [0.1, 0.15) is 0 Å². The summed E-state index contributed by atoms with van der Waals surface area (Å²) in [6.45, 7) is -0.0907. The molecule has 0 aromatic rings. The molecule has 0 aromatic carbocycles. The van der Waals surface area contributed by atoms with Crippen molar-refractivity contribution >= 4 is 5.91 Å². The predicted octanol–water partition coefficient (Wildman–Crippen LogP) is -4.54. The van der Waals surface area contributed by atoms with E-state index in [4.69, 9.17) is 10.2 Å². The first-order valence-corrected chi connectivity index (χ1v) is 6.16. The molecule has 1 amide bonds. The molecule has 0 rings (SSSR count). The molecule has 0 saturated carbocycles. The van der Waals surface area contributed by atoms with E-state index in [1.54, 1.807) is 19.0 Å². The monoisotopic (exact) mass is 296 g/mol. The third-order valence-corrected chi connectivity index (χ3v) is 2.73. The van der Waals surface area contributed by atoms with Crippen LogP contribution in [0.5, 0.6) is 0 Å². The van der Waals surface area contributed by atoms with E-state index in [1.165, 1.54) is 0 Å². The van der Waals surface area contributed by atoms with E-state index < -0.39 is 43.0 Å². The molecule has 0 aromatic heterocycles. The predicted molar refractivity (Wildman–Crippen MR) is 68.7 cm³/mol. The number of hydrogen-bond donors (Lipinski definition) is 7. The number of carbonyl (C=O) groups is 1. The minimum Gasteiger partial charge on any atom is -0.394 e. The van der Waals surface area contributed by atoms with Gasteiger partial charge in [-0.2, -0.15) is 0 Å². The number of likely N-dealkylation sites (N-methyl/N-ethyl adjacent to an activating group) is 1. The zero-order valence-electron chi connectivity index (χ0n) is 11.5. The lowest BCUT2D eigenvalue weighted by atomic mass is 9.99. The average molecular weight is 296 g/mol. The van der Waals surface area contributed by atoms with Crippen LogP contribution in [0.25, 0.3) is 0 Å². The first-order valence-electron chi connectivity index (χ1n) is 6.16. The van der Waals surface area contributed by atoms with Gasteiger partial charge in [-0.1, -0.05) is 0 Å². The maximum absolute atomic E-state index is 11.5. The van der Waals surface area contributed by atoms with Gasteiger partial charge in [0.25, 0.3) is 5.91 Å². The van der Waals surface area contributed by atoms with Crippen molar-refractivity contribution in [1.82, 2.24) is 10.2 Å². The average Bonchev–Trinajstić information content (AvgIpc) is 2.42. The summed E-state index contributed by atoms with van der Waals surface area (Å²) in [4.78, 5) is 13.3. The Morgan fingerprint density at radius 1 is 1.05 bits per heavy atom. The fraction of sp³-hybridized carbons (Fsp3) is 0.909. The van der Waals surface area contributed by atoms with E-state index in [1.807, 2.05) is 0 Å². The number of hydrogen-bond acceptors (Lipinski definition) is 8. The summed E-state index contributed by atoms with van der Waals surface area (Å²) in [5.74, 6) is -0.913. The highest BCUT2D eigenvalue weighted by molar-refractivity contribution is 5.81. The second-order valence-electron chi connectivity index (χ2n) is 4.76. The molecule has 0 aliphatic carbocycles. The molecule has 0 heterocycles. The Bertz CT molecular complexity index is 290. The van der Waals surface area contributed by atoms with Crippen LogP contribution in [0.15, 0.2) is 0 Å². The maximum atomic E-state index is 11.5. The largest absolute Gasteiger partial charge is 0.394 e. The fourth-order valence-corrected chi connectivity index (χ4v) is 1.39. The number of rotatable bonds is 9. The SMILES string of the molecule is CN(C)CCNC(=O)[C@H](O)[C@H](O)[C@@H](O)[C@H](O)[C@H](O)CO. The standard InChI is InChI=1S/C11H24N2O7/c1-13(2)4-3-12-11(20)10(19)9(18)8(17)7(16)6(15)5-14/h6-10,14-19H,3-5H2,1-2H3,(H,12,20)/t6-,7-,8+,9-,10-/m1/s1. The lowest BCUT2D eigenvalue weighted by molar-refractivity contribution is -0.156. The molecule has 120 valence electrons. The lowest BCUT2D eigenvalue weighted by Gasteiger charge is -2.28. The summed E-state index contributed by atoms with van der Waals surface area (Å²) < 4.78 is 0. The molecule has 0 unspecified atom stereocenters. The Labute approximate surface area is 117 Å². The second-order valence-corrected chi connectivity index (χ2v) is 4.76. The molecule has 9 heteroatoms. The van der Waals surface area contributed by atoms with E-state index in [-0.39, 0.29) is 6.54 Å². The van der Waals surface area contributed by atoms with Crippen molar-refractivity contribution in [3.05, 3.63) is 0 Å². The molecular weight excluding hydrogens is 272 g/mol. The molecular formula is C11H24N2O7. The number of aliphatic hydroxyl groups is 6. The van der Waals surface area contributed by atoms with Gasteiger partial charge in [-0.25, -0.2) is 0 Å². The molecule has 5 atom stereocenters. The van der Waals surface area contributed by atoms with Crippen LogP contribution in [0.3, 0.4) is 0 Å². The van der Waals surface area contributed by atoms with Crippen molar-refractivity contribution in [2.75, 3.05) is 33.8 Å². The molecule has 7 N–H and O–H groups in total. The van der Waals surface area contributed by atoms with Crippen molar-refractivity contribution in [2.24, 2.45) is 0 Å². The van der Waals surface area contributed by atoms with E-state index in [0.717, 1.165) is 0 Å². The lowest BCUT2D eigenvalue weighted by Crippen LogP contribution is -2.54. The number of nitrogens with zero attached hydrogens (tertiary/aromatic N) is 1. The van der Waals surface area contributed by atoms with Crippen molar-refractivity contribution in [2.45, 2.75) is 30.5 Å². The molecule has 0 aliphatic rings. The quantitative estimate of drug-likeness (QED) is 0.224. The number of nitrogens with one attached hydrogen (secondary N) is 1. The fourth-order valence-electron chi connectivity index (χ4n) is 1.39. The van der Waals surface area contributed by atoms with Gasteiger partial charge in [-0.15, -0.1) is 0 Å². The summed E-state index contributed by atoms with van der Waals surface area (Å²) in [5, 5.41) is 58.0. The van der Waals surface area contributed by atoms with E-state index in [9.17, 15) is 25.2 Å². The van der Waals surface area contributed by atoms with Gasteiger partial charge < -0.3 is 40.9 Å². The Morgan fingerprint density at radius 3 is 2.05 bits per heavy atom. The molecule has 0 fully saturated rings. The van der Waals surface area contributed by atoms with E-state index >= 15 is 0 Å². The van der Waals surface area contributed by atoms with E-state index in [0.29, 0.717) is 6.54 Å². The minimum absolute atomic E-state index is 0.230. The number of aliphatic hydroxyl groups excluding tert-OH is 6. The number of amides is 1. The van der Waals surface area contributed by atoms with Gasteiger partial charge in [-0.05, 0) is 14.1 Å². The second kappa shape index (κ2) is 9.19. The summed E-state index contributed by atoms with van der Waals surface area (Å²) in [6, 6.07) is 0. The topological polar surface area (TPSA) is 154 Å². The molecule has 0 aliphatic heterocycles. The van der Waals surface area contributed by atoms with Crippen molar-refractivity contribution in [3.63, 3.8) is 0 Å². The third kappa shape index (κ3) is 6.09. The Kier molecular flexibility index (Phi) is 8.81. The highest BCUT2D eigenvalue weighted by atomic mass is 16.4. The third-order valence-electron chi connectivity index (χ3n) is 2.73. The molecule has 0 bridgehead atoms. The number of carbonyl (C=O) groups excluding carboxylic acids is 1. The smallest absolute Gasteiger partial charge is 0.251 e. The normalized spacial score (nSPS) is 19.2. The van der Waals surface area contributed by atoms with Crippen LogP contribution in [-0.4, -0.2) is 106 Å². The first-order chi connectivity index (χ1) is 9.22. The summed E-state index contributed by atoms with van der Waals surface area (Å²) in [7, 11) is 3.57. The van der Waals surface area contributed by atoms with Crippen LogP contribution in [0, 0.1) is 0 Å². The molecule has 0 radical (unpaired) electrons. The Hall–Kier alpha value is -0.810. The van der Waals surface area contributed by atoms with Crippen molar-refractivity contribution in [3.8, 4) is 0 Å². The molecule has 20 heavy (non-hydrogen) atoms. The van der Waals surface area contributed by atoms with Crippen molar-refractivity contribution in [1.29, 1.82) is 0 Å². The van der Waals surface area contributed by atoms with Gasteiger partial charge in [0.05, 0.1) is 6.61 Å². The highest BCUT2D eigenvalue weighted by Gasteiger charge is 2.36. The van der Waals surface area contributed by atoms with Crippen LogP contribution in [0.2, 0.25) is 0 Å². The molecule has 0 saturated heterocycles. The van der Waals surface area contributed by atoms with Gasteiger partial charge in [0.2, 0.25) is 0 Å². The Morgan fingerprint density at radius 2 is 1.60 bits per heavy atom. The summed E-state index contributed by atoms with van der Waals surface area (Å²) in [5.41, 5.74) is 0. The van der Waals surface area contributed by atoms with Gasteiger partial charge in [0.15, 0.2) is 6.10 Å².